The van der Waals surface area contributed by atoms with E-state index in [9.17, 15) is 0 Å². The average molecular weight is 617 g/mol. The van der Waals surface area contributed by atoms with E-state index < -0.39 is 0 Å². The van der Waals surface area contributed by atoms with Crippen LogP contribution in [0.15, 0.2) is 12.4 Å². The van der Waals surface area contributed by atoms with E-state index in [0.29, 0.717) is 6.17 Å². The fraction of sp³-hybridized carbons (Fsp3) is 0.952. The fourth-order valence-electron chi connectivity index (χ4n) is 7.23. The summed E-state index contributed by atoms with van der Waals surface area (Å²) in [5, 5.41) is 0. The monoisotopic (exact) mass is 617 g/mol. The molecule has 0 saturated heterocycles. The second-order valence-electron chi connectivity index (χ2n) is 14.6. The summed E-state index contributed by atoms with van der Waals surface area (Å²) in [6.07, 6.45) is 54.5. The molecule has 0 aromatic heterocycles. The predicted octanol–water partition coefficient (Wildman–Crippen LogP) is 14.7. The number of unbranched alkanes of at least 4 members (excludes halogenated alkanes) is 30. The highest BCUT2D eigenvalue weighted by molar-refractivity contribution is 4.96. The molecule has 0 saturated carbocycles. The first-order chi connectivity index (χ1) is 21.8. The van der Waals surface area contributed by atoms with Crippen LogP contribution in [0.25, 0.3) is 0 Å². The Balaban J connectivity index is 1.96. The number of nitrogens with zero attached hydrogens (tertiary/aromatic N) is 2. The van der Waals surface area contributed by atoms with E-state index in [0.717, 1.165) is 0 Å². The molecule has 1 aliphatic rings. The first-order valence-corrected chi connectivity index (χ1v) is 21.0. The summed E-state index contributed by atoms with van der Waals surface area (Å²) < 4.78 is 0. The normalized spacial score (nSPS) is 14.8. The highest BCUT2D eigenvalue weighted by atomic mass is 15.4. The Bertz CT molecular complexity index is 572. The summed E-state index contributed by atoms with van der Waals surface area (Å²) in [5.74, 6) is 0. The van der Waals surface area contributed by atoms with E-state index in [1.807, 2.05) is 0 Å². The summed E-state index contributed by atoms with van der Waals surface area (Å²) in [6.45, 7) is 9.49. The SMILES string of the molecule is CCCCCCCCCCCCCCCCCCN1C=CN(CCCCCCCCCCCCCCCCC)C1CCCC. The molecule has 1 heterocycles. The second-order valence-corrected chi connectivity index (χ2v) is 14.6. The van der Waals surface area contributed by atoms with Crippen LogP contribution in [0, 0.1) is 0 Å². The molecule has 44 heavy (non-hydrogen) atoms. The number of rotatable bonds is 36. The molecule has 0 aliphatic carbocycles. The van der Waals surface area contributed by atoms with Crippen LogP contribution in [-0.4, -0.2) is 29.1 Å². The molecule has 1 unspecified atom stereocenters. The van der Waals surface area contributed by atoms with Crippen molar-refractivity contribution in [1.82, 2.24) is 9.80 Å². The maximum absolute atomic E-state index is 2.69. The van der Waals surface area contributed by atoms with Gasteiger partial charge in [0.15, 0.2) is 0 Å². The van der Waals surface area contributed by atoms with E-state index in [2.05, 4.69) is 43.0 Å². The molecular weight excluding hydrogens is 532 g/mol. The topological polar surface area (TPSA) is 6.48 Å². The lowest BCUT2D eigenvalue weighted by Crippen LogP contribution is -2.39. The minimum atomic E-state index is 0.637. The minimum Gasteiger partial charge on any atom is -0.356 e. The van der Waals surface area contributed by atoms with E-state index >= 15 is 0 Å². The molecular formula is C42H84N2. The van der Waals surface area contributed by atoms with Crippen molar-refractivity contribution in [1.29, 1.82) is 0 Å². The first-order valence-electron chi connectivity index (χ1n) is 21.0. The molecule has 0 aromatic rings. The van der Waals surface area contributed by atoms with Crippen molar-refractivity contribution in [3.05, 3.63) is 12.4 Å². The van der Waals surface area contributed by atoms with Gasteiger partial charge in [-0.15, -0.1) is 0 Å². The Labute approximate surface area is 280 Å². The molecule has 0 spiro atoms. The van der Waals surface area contributed by atoms with Gasteiger partial charge in [-0.2, -0.15) is 0 Å². The Hall–Kier alpha value is -0.660. The molecule has 1 atom stereocenters. The number of hydrogen-bond donors (Lipinski definition) is 0. The van der Waals surface area contributed by atoms with Crippen LogP contribution >= 0.6 is 0 Å². The third kappa shape index (κ3) is 25.5. The zero-order valence-corrected chi connectivity index (χ0v) is 31.1. The van der Waals surface area contributed by atoms with Gasteiger partial charge in [-0.25, -0.2) is 0 Å². The van der Waals surface area contributed by atoms with Gasteiger partial charge >= 0.3 is 0 Å². The van der Waals surface area contributed by atoms with Gasteiger partial charge in [-0.3, -0.25) is 0 Å². The van der Waals surface area contributed by atoms with E-state index in [1.54, 1.807) is 0 Å². The van der Waals surface area contributed by atoms with Gasteiger partial charge in [0.2, 0.25) is 0 Å². The van der Waals surface area contributed by atoms with Gasteiger partial charge in [0, 0.05) is 25.5 Å². The molecule has 2 heteroatoms. The molecule has 1 aliphatic heterocycles. The molecule has 0 radical (unpaired) electrons. The molecule has 0 bridgehead atoms. The maximum atomic E-state index is 2.69. The Morgan fingerprint density at radius 2 is 0.523 bits per heavy atom. The van der Waals surface area contributed by atoms with Gasteiger partial charge in [0.05, 0.1) is 0 Å². The Morgan fingerprint density at radius 3 is 0.773 bits per heavy atom. The van der Waals surface area contributed by atoms with E-state index in [-0.39, 0.29) is 0 Å². The standard InChI is InChI=1S/C42H84N2/c1-4-7-10-12-14-16-18-20-22-24-26-28-30-32-34-36-39-44-41-40-43(42(44)37-9-6-3)38-35-33-31-29-27-25-23-21-19-17-15-13-11-8-5-2/h40-42H,4-39H2,1-3H3. The summed E-state index contributed by atoms with van der Waals surface area (Å²) >= 11 is 0. The van der Waals surface area contributed by atoms with Gasteiger partial charge in [0.25, 0.3) is 0 Å². The molecule has 0 N–H and O–H groups in total. The lowest BCUT2D eigenvalue weighted by molar-refractivity contribution is 0.136. The van der Waals surface area contributed by atoms with Crippen LogP contribution in [0.2, 0.25) is 0 Å². The van der Waals surface area contributed by atoms with Crippen LogP contribution < -0.4 is 0 Å². The molecule has 262 valence electrons. The van der Waals surface area contributed by atoms with Crippen LogP contribution in [0.3, 0.4) is 0 Å². The van der Waals surface area contributed by atoms with Crippen LogP contribution in [0.5, 0.6) is 0 Å². The number of hydrogen-bond acceptors (Lipinski definition) is 2. The third-order valence-electron chi connectivity index (χ3n) is 10.3. The van der Waals surface area contributed by atoms with Gasteiger partial charge in [-0.1, -0.05) is 213 Å². The average Bonchev–Trinajstić information content (AvgIpc) is 3.42. The molecule has 1 rings (SSSR count). The van der Waals surface area contributed by atoms with Crippen molar-refractivity contribution in [3.63, 3.8) is 0 Å². The van der Waals surface area contributed by atoms with Crippen molar-refractivity contribution in [2.45, 2.75) is 245 Å². The first kappa shape index (κ1) is 41.4. The van der Waals surface area contributed by atoms with Gasteiger partial charge in [0.1, 0.15) is 6.17 Å². The lowest BCUT2D eigenvalue weighted by Gasteiger charge is -2.33. The highest BCUT2D eigenvalue weighted by Gasteiger charge is 2.24. The lowest BCUT2D eigenvalue weighted by atomic mass is 10.0. The molecule has 0 amide bonds. The Morgan fingerprint density at radius 1 is 0.295 bits per heavy atom. The van der Waals surface area contributed by atoms with Crippen molar-refractivity contribution in [3.8, 4) is 0 Å². The summed E-state index contributed by atoms with van der Waals surface area (Å²) in [6, 6.07) is 0. The van der Waals surface area contributed by atoms with Crippen LogP contribution in [-0.2, 0) is 0 Å². The molecule has 2 nitrogen and oxygen atoms in total. The maximum Gasteiger partial charge on any atom is 0.101 e. The van der Waals surface area contributed by atoms with E-state index in [4.69, 9.17) is 0 Å². The smallest absolute Gasteiger partial charge is 0.101 e. The minimum absolute atomic E-state index is 0.637. The van der Waals surface area contributed by atoms with Gasteiger partial charge < -0.3 is 9.80 Å². The third-order valence-corrected chi connectivity index (χ3v) is 10.3. The zero-order valence-electron chi connectivity index (χ0n) is 31.1. The quantitative estimate of drug-likeness (QED) is 0.0646. The van der Waals surface area contributed by atoms with Crippen LogP contribution in [0.1, 0.15) is 239 Å². The zero-order chi connectivity index (χ0) is 31.6. The second kappa shape index (κ2) is 33.7. The summed E-state index contributed by atoms with van der Waals surface area (Å²) in [7, 11) is 0. The van der Waals surface area contributed by atoms with E-state index in [1.165, 1.54) is 231 Å². The highest BCUT2D eigenvalue weighted by Crippen LogP contribution is 2.23. The largest absolute Gasteiger partial charge is 0.356 e. The fourth-order valence-corrected chi connectivity index (χ4v) is 7.23. The van der Waals surface area contributed by atoms with Crippen molar-refractivity contribution >= 4 is 0 Å². The molecule has 0 aromatic carbocycles. The van der Waals surface area contributed by atoms with Crippen molar-refractivity contribution in [2.24, 2.45) is 0 Å². The van der Waals surface area contributed by atoms with Gasteiger partial charge in [-0.05, 0) is 25.7 Å². The van der Waals surface area contributed by atoms with Crippen LogP contribution in [0.4, 0.5) is 0 Å². The van der Waals surface area contributed by atoms with Crippen molar-refractivity contribution < 1.29 is 0 Å². The predicted molar refractivity (Wildman–Crippen MR) is 200 cm³/mol. The Kier molecular flexibility index (Phi) is 31.7. The summed E-state index contributed by atoms with van der Waals surface area (Å²) in [4.78, 5) is 5.37. The molecule has 0 fully saturated rings. The summed E-state index contributed by atoms with van der Waals surface area (Å²) in [5.41, 5.74) is 0. The van der Waals surface area contributed by atoms with Crippen molar-refractivity contribution in [2.75, 3.05) is 13.1 Å².